The first kappa shape index (κ1) is 18.4. The monoisotopic (exact) mass is 366 g/mol. The maximum Gasteiger partial charge on any atom is 0.319 e. The number of hydrogen-bond donors (Lipinski definition) is 3. The van der Waals surface area contributed by atoms with E-state index >= 15 is 0 Å². The second-order valence-electron chi connectivity index (χ2n) is 6.68. The van der Waals surface area contributed by atoms with Crippen LogP contribution in [0.4, 0.5) is 16.2 Å². The summed E-state index contributed by atoms with van der Waals surface area (Å²) in [7, 11) is 0. The van der Waals surface area contributed by atoms with Crippen LogP contribution >= 0.6 is 0 Å². The fourth-order valence-electron chi connectivity index (χ4n) is 3.10. The highest BCUT2D eigenvalue weighted by molar-refractivity contribution is 6.03. The van der Waals surface area contributed by atoms with Crippen molar-refractivity contribution in [2.75, 3.05) is 16.8 Å². The predicted molar refractivity (Wildman–Crippen MR) is 104 cm³/mol. The number of urea groups is 1. The molecule has 1 aliphatic heterocycles. The summed E-state index contributed by atoms with van der Waals surface area (Å²) in [5, 5.41) is 5.41. The predicted octanol–water partition coefficient (Wildman–Crippen LogP) is 2.33. The standard InChI is InChI=1S/C20H22N4O3/c1-12-7-8-15(9-13(12)2)24-11-14(10-18(24)25)22-20(27)23-17-6-4-3-5-16(17)19(21)26/h3-9,14H,10-11H2,1-2H3,(H2,21,26)(H2,22,23,27)/t14-/m0/s1. The van der Waals surface area contributed by atoms with E-state index in [1.165, 1.54) is 0 Å². The van der Waals surface area contributed by atoms with E-state index in [0.717, 1.165) is 16.8 Å². The highest BCUT2D eigenvalue weighted by atomic mass is 16.2. The SMILES string of the molecule is Cc1ccc(N2C[C@@H](NC(=O)Nc3ccccc3C(N)=O)CC2=O)cc1C. The van der Waals surface area contributed by atoms with E-state index in [0.29, 0.717) is 12.2 Å². The smallest absolute Gasteiger partial charge is 0.319 e. The van der Waals surface area contributed by atoms with Gasteiger partial charge in [-0.15, -0.1) is 0 Å². The summed E-state index contributed by atoms with van der Waals surface area (Å²) in [6.07, 6.45) is 0.220. The second-order valence-corrected chi connectivity index (χ2v) is 6.68. The zero-order valence-electron chi connectivity index (χ0n) is 15.3. The molecule has 3 rings (SSSR count). The van der Waals surface area contributed by atoms with Gasteiger partial charge in [-0.25, -0.2) is 4.79 Å². The van der Waals surface area contributed by atoms with Crippen LogP contribution in [0, 0.1) is 13.8 Å². The van der Waals surface area contributed by atoms with E-state index in [1.54, 1.807) is 29.2 Å². The molecule has 1 heterocycles. The first-order valence-electron chi connectivity index (χ1n) is 8.69. The van der Waals surface area contributed by atoms with Gasteiger partial charge in [-0.05, 0) is 49.2 Å². The lowest BCUT2D eigenvalue weighted by molar-refractivity contribution is -0.117. The van der Waals surface area contributed by atoms with Crippen LogP contribution in [0.2, 0.25) is 0 Å². The number of carbonyl (C=O) groups excluding carboxylic acids is 3. The Kier molecular flexibility index (Phi) is 5.12. The molecule has 7 nitrogen and oxygen atoms in total. The van der Waals surface area contributed by atoms with E-state index in [4.69, 9.17) is 5.73 Å². The summed E-state index contributed by atoms with van der Waals surface area (Å²) in [6, 6.07) is 11.6. The van der Waals surface area contributed by atoms with Crippen molar-refractivity contribution in [1.82, 2.24) is 5.32 Å². The number of carbonyl (C=O) groups is 3. The molecule has 0 aliphatic carbocycles. The van der Waals surface area contributed by atoms with Crippen LogP contribution in [-0.2, 0) is 4.79 Å². The van der Waals surface area contributed by atoms with E-state index in [-0.39, 0.29) is 23.9 Å². The van der Waals surface area contributed by atoms with Crippen molar-refractivity contribution >= 4 is 29.2 Å². The molecule has 4 N–H and O–H groups in total. The van der Waals surface area contributed by atoms with Gasteiger partial charge in [-0.1, -0.05) is 18.2 Å². The lowest BCUT2D eigenvalue weighted by atomic mass is 10.1. The zero-order valence-corrected chi connectivity index (χ0v) is 15.3. The van der Waals surface area contributed by atoms with Gasteiger partial charge in [-0.3, -0.25) is 9.59 Å². The molecule has 1 fully saturated rings. The summed E-state index contributed by atoms with van der Waals surface area (Å²) in [6.45, 7) is 4.41. The largest absolute Gasteiger partial charge is 0.366 e. The summed E-state index contributed by atoms with van der Waals surface area (Å²) in [4.78, 5) is 37.8. The van der Waals surface area contributed by atoms with Crippen molar-refractivity contribution < 1.29 is 14.4 Å². The first-order valence-corrected chi connectivity index (χ1v) is 8.69. The van der Waals surface area contributed by atoms with Crippen LogP contribution in [-0.4, -0.2) is 30.4 Å². The molecule has 0 bridgehead atoms. The van der Waals surface area contributed by atoms with Gasteiger partial charge in [0.15, 0.2) is 0 Å². The maximum absolute atomic E-state index is 12.4. The Hall–Kier alpha value is -3.35. The molecule has 0 saturated carbocycles. The van der Waals surface area contributed by atoms with Crippen molar-refractivity contribution in [1.29, 1.82) is 0 Å². The number of hydrogen-bond acceptors (Lipinski definition) is 3. The van der Waals surface area contributed by atoms with Gasteiger partial charge >= 0.3 is 6.03 Å². The van der Waals surface area contributed by atoms with Crippen molar-refractivity contribution in [3.8, 4) is 0 Å². The molecule has 1 saturated heterocycles. The van der Waals surface area contributed by atoms with Crippen LogP contribution in [0.25, 0.3) is 0 Å². The number of aryl methyl sites for hydroxylation is 2. The molecule has 2 aromatic rings. The minimum absolute atomic E-state index is 0.0407. The Labute approximate surface area is 157 Å². The number of amides is 4. The van der Waals surface area contributed by atoms with Gasteiger partial charge in [0.2, 0.25) is 5.91 Å². The average molecular weight is 366 g/mol. The fourth-order valence-corrected chi connectivity index (χ4v) is 3.10. The number of nitrogens with one attached hydrogen (secondary N) is 2. The molecule has 1 aliphatic rings. The number of rotatable bonds is 4. The van der Waals surface area contributed by atoms with Gasteiger partial charge in [0.1, 0.15) is 0 Å². The third-order valence-electron chi connectivity index (χ3n) is 4.70. The van der Waals surface area contributed by atoms with E-state index in [9.17, 15) is 14.4 Å². The van der Waals surface area contributed by atoms with Gasteiger partial charge in [0, 0.05) is 18.7 Å². The molecule has 0 radical (unpaired) electrons. The molecule has 4 amide bonds. The summed E-state index contributed by atoms with van der Waals surface area (Å²) in [5.41, 5.74) is 8.97. The van der Waals surface area contributed by atoms with Crippen LogP contribution in [0.3, 0.4) is 0 Å². The average Bonchev–Trinajstić information content (AvgIpc) is 2.97. The third kappa shape index (κ3) is 4.08. The Morgan fingerprint density at radius 3 is 2.56 bits per heavy atom. The summed E-state index contributed by atoms with van der Waals surface area (Å²) >= 11 is 0. The second kappa shape index (κ2) is 7.49. The van der Waals surface area contributed by atoms with Crippen LogP contribution in [0.5, 0.6) is 0 Å². The Bertz CT molecular complexity index is 910. The number of anilines is 2. The Morgan fingerprint density at radius 2 is 1.85 bits per heavy atom. The molecule has 140 valence electrons. The van der Waals surface area contributed by atoms with E-state index < -0.39 is 11.9 Å². The number of benzene rings is 2. The van der Waals surface area contributed by atoms with E-state index in [1.807, 2.05) is 32.0 Å². The number of nitrogens with zero attached hydrogens (tertiary/aromatic N) is 1. The fraction of sp³-hybridized carbons (Fsp3) is 0.250. The Balaban J connectivity index is 1.65. The minimum atomic E-state index is -0.622. The number of nitrogens with two attached hydrogens (primary N) is 1. The lowest BCUT2D eigenvalue weighted by Crippen LogP contribution is -2.40. The van der Waals surface area contributed by atoms with Gasteiger partial charge in [0.25, 0.3) is 5.91 Å². The molecule has 2 aromatic carbocycles. The molecule has 0 spiro atoms. The highest BCUT2D eigenvalue weighted by Crippen LogP contribution is 2.24. The van der Waals surface area contributed by atoms with Gasteiger partial charge in [0.05, 0.1) is 17.3 Å². The molecule has 27 heavy (non-hydrogen) atoms. The molecule has 7 heteroatoms. The molecular formula is C20H22N4O3. The maximum atomic E-state index is 12.4. The summed E-state index contributed by atoms with van der Waals surface area (Å²) in [5.74, 6) is -0.663. The van der Waals surface area contributed by atoms with Crippen molar-refractivity contribution in [2.24, 2.45) is 5.73 Å². The summed E-state index contributed by atoms with van der Waals surface area (Å²) < 4.78 is 0. The quantitative estimate of drug-likeness (QED) is 0.773. The molecule has 0 unspecified atom stereocenters. The number of primary amides is 1. The van der Waals surface area contributed by atoms with Crippen LogP contribution in [0.15, 0.2) is 42.5 Å². The normalized spacial score (nSPS) is 16.3. The highest BCUT2D eigenvalue weighted by Gasteiger charge is 2.31. The van der Waals surface area contributed by atoms with Crippen LogP contribution in [0.1, 0.15) is 27.9 Å². The minimum Gasteiger partial charge on any atom is -0.366 e. The third-order valence-corrected chi connectivity index (χ3v) is 4.70. The Morgan fingerprint density at radius 1 is 1.11 bits per heavy atom. The topological polar surface area (TPSA) is 105 Å². The first-order chi connectivity index (χ1) is 12.8. The zero-order chi connectivity index (χ0) is 19.6. The van der Waals surface area contributed by atoms with E-state index in [2.05, 4.69) is 10.6 Å². The molecule has 0 aromatic heterocycles. The molecular weight excluding hydrogens is 344 g/mol. The van der Waals surface area contributed by atoms with Crippen molar-refractivity contribution in [3.05, 3.63) is 59.2 Å². The van der Waals surface area contributed by atoms with Gasteiger partial charge in [-0.2, -0.15) is 0 Å². The van der Waals surface area contributed by atoms with Crippen LogP contribution < -0.4 is 21.3 Å². The lowest BCUT2D eigenvalue weighted by Gasteiger charge is -2.18. The van der Waals surface area contributed by atoms with Crippen molar-refractivity contribution in [2.45, 2.75) is 26.3 Å². The van der Waals surface area contributed by atoms with Crippen molar-refractivity contribution in [3.63, 3.8) is 0 Å². The van der Waals surface area contributed by atoms with Gasteiger partial charge < -0.3 is 21.3 Å². The molecule has 1 atom stereocenters. The number of para-hydroxylation sites is 1.